The van der Waals surface area contributed by atoms with E-state index in [0.29, 0.717) is 17.3 Å². The van der Waals surface area contributed by atoms with Gasteiger partial charge in [-0.15, -0.1) is 10.2 Å². The number of pyridine rings is 1. The zero-order chi connectivity index (χ0) is 14.7. The molecule has 0 bridgehead atoms. The third-order valence-corrected chi connectivity index (χ3v) is 2.61. The van der Waals surface area contributed by atoms with Gasteiger partial charge in [-0.05, 0) is 18.2 Å². The fourth-order valence-electron chi connectivity index (χ4n) is 1.70. The zero-order valence-electron chi connectivity index (χ0n) is 10.7. The Bertz CT molecular complexity index is 770. The molecule has 0 aromatic carbocycles. The average Bonchev–Trinajstić information content (AvgIpc) is 3.02. The summed E-state index contributed by atoms with van der Waals surface area (Å²) in [5, 5.41) is 17.9. The van der Waals surface area contributed by atoms with Gasteiger partial charge in [0.25, 0.3) is 5.91 Å². The van der Waals surface area contributed by atoms with Crippen LogP contribution in [0.5, 0.6) is 0 Å². The van der Waals surface area contributed by atoms with Gasteiger partial charge in [0.2, 0.25) is 0 Å². The van der Waals surface area contributed by atoms with Crippen molar-refractivity contribution >= 4 is 17.4 Å². The molecule has 0 spiro atoms. The van der Waals surface area contributed by atoms with Gasteiger partial charge in [0.05, 0.1) is 24.3 Å². The molecule has 3 heterocycles. The van der Waals surface area contributed by atoms with E-state index in [4.69, 9.17) is 5.73 Å². The highest BCUT2D eigenvalue weighted by atomic mass is 16.1. The molecule has 1 amide bonds. The number of rotatable bonds is 4. The van der Waals surface area contributed by atoms with Crippen LogP contribution in [0, 0.1) is 0 Å². The van der Waals surface area contributed by atoms with Gasteiger partial charge >= 0.3 is 0 Å². The minimum Gasteiger partial charge on any atom is -0.364 e. The van der Waals surface area contributed by atoms with E-state index in [1.54, 1.807) is 36.7 Å². The molecule has 0 radical (unpaired) electrons. The Morgan fingerprint density at radius 3 is 2.86 bits per heavy atom. The molecule has 9 nitrogen and oxygen atoms in total. The van der Waals surface area contributed by atoms with Crippen LogP contribution in [-0.4, -0.2) is 36.1 Å². The summed E-state index contributed by atoms with van der Waals surface area (Å²) in [5.74, 6) is 0.427. The Hall–Kier alpha value is -3.36. The maximum Gasteiger partial charge on any atom is 0.271 e. The third kappa shape index (κ3) is 2.66. The first-order valence-electron chi connectivity index (χ1n) is 5.96. The summed E-state index contributed by atoms with van der Waals surface area (Å²) in [6.07, 6.45) is 4.69. The maximum absolute atomic E-state index is 11.3. The van der Waals surface area contributed by atoms with E-state index < -0.39 is 5.91 Å². The van der Waals surface area contributed by atoms with Crippen LogP contribution < -0.4 is 11.1 Å². The first kappa shape index (κ1) is 12.7. The number of nitrogens with two attached hydrogens (primary N) is 1. The van der Waals surface area contributed by atoms with Crippen LogP contribution in [0.3, 0.4) is 0 Å². The Morgan fingerprint density at radius 2 is 2.10 bits per heavy atom. The minimum atomic E-state index is -0.668. The quantitative estimate of drug-likeness (QED) is 0.704. The minimum absolute atomic E-state index is 0.0467. The molecule has 3 aromatic heterocycles. The maximum atomic E-state index is 11.3. The van der Waals surface area contributed by atoms with Gasteiger partial charge in [0, 0.05) is 0 Å². The fourth-order valence-corrected chi connectivity index (χ4v) is 1.70. The van der Waals surface area contributed by atoms with Crippen LogP contribution in [0.4, 0.5) is 11.5 Å². The van der Waals surface area contributed by atoms with Crippen LogP contribution in [0.1, 0.15) is 10.5 Å². The largest absolute Gasteiger partial charge is 0.364 e. The summed E-state index contributed by atoms with van der Waals surface area (Å²) < 4.78 is 1.52. The molecular formula is C12H10N8O. The van der Waals surface area contributed by atoms with Crippen LogP contribution in [-0.2, 0) is 0 Å². The lowest BCUT2D eigenvalue weighted by Gasteiger charge is -2.08. The fraction of sp³-hybridized carbons (Fsp3) is 0. The molecule has 3 N–H and O–H groups in total. The predicted octanol–water partition coefficient (Wildman–Crippen LogP) is 0.295. The SMILES string of the molecule is NC(=O)c1nnccc1Nc1cccc(-n2ccnn2)n1. The van der Waals surface area contributed by atoms with Crippen LogP contribution in [0.15, 0.2) is 42.9 Å². The van der Waals surface area contributed by atoms with Crippen LogP contribution in [0.25, 0.3) is 5.82 Å². The first-order chi connectivity index (χ1) is 10.2. The van der Waals surface area contributed by atoms with Crippen molar-refractivity contribution in [3.8, 4) is 5.82 Å². The molecule has 0 saturated heterocycles. The second kappa shape index (κ2) is 5.33. The van der Waals surface area contributed by atoms with E-state index in [1.807, 2.05) is 0 Å². The van der Waals surface area contributed by atoms with Crippen molar-refractivity contribution in [2.24, 2.45) is 5.73 Å². The summed E-state index contributed by atoms with van der Waals surface area (Å²) in [5.41, 5.74) is 5.73. The molecule has 3 aromatic rings. The molecular weight excluding hydrogens is 272 g/mol. The monoisotopic (exact) mass is 282 g/mol. The van der Waals surface area contributed by atoms with Crippen molar-refractivity contribution < 1.29 is 4.79 Å². The third-order valence-electron chi connectivity index (χ3n) is 2.61. The molecule has 0 fully saturated rings. The number of primary amides is 1. The normalized spacial score (nSPS) is 10.3. The number of nitrogens with one attached hydrogen (secondary N) is 1. The topological polar surface area (TPSA) is 125 Å². The molecule has 0 atom stereocenters. The first-order valence-corrected chi connectivity index (χ1v) is 5.96. The zero-order valence-corrected chi connectivity index (χ0v) is 10.7. The summed E-state index contributed by atoms with van der Waals surface area (Å²) in [6, 6.07) is 6.91. The highest BCUT2D eigenvalue weighted by Crippen LogP contribution is 2.17. The molecule has 3 rings (SSSR count). The van der Waals surface area contributed by atoms with Gasteiger partial charge in [-0.1, -0.05) is 11.3 Å². The number of aromatic nitrogens is 6. The van der Waals surface area contributed by atoms with Gasteiger partial charge < -0.3 is 11.1 Å². The van der Waals surface area contributed by atoms with E-state index in [2.05, 4.69) is 30.8 Å². The molecule has 0 aliphatic carbocycles. The van der Waals surface area contributed by atoms with Crippen molar-refractivity contribution in [1.82, 2.24) is 30.2 Å². The second-order valence-electron chi connectivity index (χ2n) is 4.01. The number of hydrogen-bond donors (Lipinski definition) is 2. The van der Waals surface area contributed by atoms with Crippen LogP contribution in [0.2, 0.25) is 0 Å². The summed E-state index contributed by atoms with van der Waals surface area (Å²) >= 11 is 0. The van der Waals surface area contributed by atoms with Gasteiger partial charge in [-0.2, -0.15) is 5.10 Å². The lowest BCUT2D eigenvalue weighted by Crippen LogP contribution is -2.16. The molecule has 0 saturated carbocycles. The Kier molecular flexibility index (Phi) is 3.21. The number of anilines is 2. The molecule has 0 aliphatic rings. The highest BCUT2D eigenvalue weighted by molar-refractivity contribution is 5.96. The van der Waals surface area contributed by atoms with Crippen molar-refractivity contribution in [1.29, 1.82) is 0 Å². The predicted molar refractivity (Wildman–Crippen MR) is 73.0 cm³/mol. The molecule has 0 unspecified atom stereocenters. The molecule has 21 heavy (non-hydrogen) atoms. The number of carbonyl (C=O) groups excluding carboxylic acids is 1. The van der Waals surface area contributed by atoms with E-state index in [-0.39, 0.29) is 5.69 Å². The Balaban J connectivity index is 1.93. The van der Waals surface area contributed by atoms with E-state index in [9.17, 15) is 4.79 Å². The van der Waals surface area contributed by atoms with Crippen LogP contribution >= 0.6 is 0 Å². The van der Waals surface area contributed by atoms with Crippen molar-refractivity contribution in [3.05, 3.63) is 48.5 Å². The summed E-state index contributed by atoms with van der Waals surface area (Å²) in [7, 11) is 0. The van der Waals surface area contributed by atoms with Gasteiger partial charge in [0.15, 0.2) is 11.5 Å². The van der Waals surface area contributed by atoms with E-state index in [0.717, 1.165) is 0 Å². The highest BCUT2D eigenvalue weighted by Gasteiger charge is 2.11. The number of nitrogens with zero attached hydrogens (tertiary/aromatic N) is 6. The standard InChI is InChI=1S/C12H10N8O/c13-12(21)11-8(4-5-14-18-11)16-9-2-1-3-10(17-9)20-7-6-15-19-20/h1-7H,(H2,13,21)(H,14,16,17). The van der Waals surface area contributed by atoms with Gasteiger partial charge in [-0.3, -0.25) is 4.79 Å². The van der Waals surface area contributed by atoms with E-state index in [1.165, 1.54) is 10.9 Å². The van der Waals surface area contributed by atoms with E-state index >= 15 is 0 Å². The number of amides is 1. The molecule has 9 heteroatoms. The summed E-state index contributed by atoms with van der Waals surface area (Å²) in [4.78, 5) is 15.7. The Labute approximate surface area is 118 Å². The second-order valence-corrected chi connectivity index (χ2v) is 4.01. The molecule has 0 aliphatic heterocycles. The smallest absolute Gasteiger partial charge is 0.271 e. The van der Waals surface area contributed by atoms with Crippen molar-refractivity contribution in [2.75, 3.05) is 5.32 Å². The number of hydrogen-bond acceptors (Lipinski definition) is 7. The lowest BCUT2D eigenvalue weighted by molar-refractivity contribution is 0.0995. The van der Waals surface area contributed by atoms with Crippen molar-refractivity contribution in [2.45, 2.75) is 0 Å². The lowest BCUT2D eigenvalue weighted by atomic mass is 10.3. The van der Waals surface area contributed by atoms with Gasteiger partial charge in [-0.25, -0.2) is 9.67 Å². The van der Waals surface area contributed by atoms with Crippen molar-refractivity contribution in [3.63, 3.8) is 0 Å². The summed E-state index contributed by atoms with van der Waals surface area (Å²) in [6.45, 7) is 0. The van der Waals surface area contributed by atoms with Gasteiger partial charge in [0.1, 0.15) is 5.82 Å². The Morgan fingerprint density at radius 1 is 1.19 bits per heavy atom. The average molecular weight is 282 g/mol. The molecule has 104 valence electrons. The number of carbonyl (C=O) groups is 1.